The van der Waals surface area contributed by atoms with Crippen molar-refractivity contribution in [2.75, 3.05) is 6.54 Å². The summed E-state index contributed by atoms with van der Waals surface area (Å²) in [4.78, 5) is 13.1. The molecule has 1 amide bonds. The number of halogens is 2. The molecule has 0 radical (unpaired) electrons. The number of hydrogen-bond donors (Lipinski definition) is 1. The molecule has 4 nitrogen and oxygen atoms in total. The zero-order valence-electron chi connectivity index (χ0n) is 11.0. The molecule has 0 spiro atoms. The molecular weight excluding hydrogens is 244 g/mol. The van der Waals surface area contributed by atoms with Gasteiger partial charge in [-0.2, -0.15) is 0 Å². The van der Waals surface area contributed by atoms with Gasteiger partial charge in [0.1, 0.15) is 11.7 Å². The second-order valence-corrected chi connectivity index (χ2v) is 5.56. The third-order valence-corrected chi connectivity index (χ3v) is 2.83. The number of aliphatic hydroxyl groups is 1. The highest BCUT2D eigenvalue weighted by molar-refractivity contribution is 5.68. The Balaban J connectivity index is 2.73. The lowest BCUT2D eigenvalue weighted by Crippen LogP contribution is -2.53. The maximum Gasteiger partial charge on any atom is 0.410 e. The summed E-state index contributed by atoms with van der Waals surface area (Å²) in [5.41, 5.74) is -0.672. The number of likely N-dealkylation sites (tertiary alicyclic amines) is 1. The van der Waals surface area contributed by atoms with E-state index in [0.29, 0.717) is 13.0 Å². The van der Waals surface area contributed by atoms with Crippen molar-refractivity contribution in [1.82, 2.24) is 4.90 Å². The first-order valence-electron chi connectivity index (χ1n) is 6.18. The van der Waals surface area contributed by atoms with E-state index in [1.165, 1.54) is 4.90 Å². The Hall–Kier alpha value is -0.910. The van der Waals surface area contributed by atoms with Gasteiger partial charge in [0.2, 0.25) is 0 Å². The van der Waals surface area contributed by atoms with E-state index in [4.69, 9.17) is 4.74 Å². The third-order valence-electron chi connectivity index (χ3n) is 2.83. The zero-order valence-corrected chi connectivity index (χ0v) is 11.0. The number of piperidine rings is 1. The third kappa shape index (κ3) is 4.08. The minimum atomic E-state index is -2.85. The molecule has 6 heteroatoms. The molecule has 1 aliphatic rings. The fourth-order valence-corrected chi connectivity index (χ4v) is 2.03. The Morgan fingerprint density at radius 3 is 2.50 bits per heavy atom. The summed E-state index contributed by atoms with van der Waals surface area (Å²) in [6.07, 6.45) is -3.44. The number of rotatable bonds is 2. The lowest BCUT2D eigenvalue weighted by molar-refractivity contribution is -0.0703. The molecule has 1 heterocycles. The molecule has 18 heavy (non-hydrogen) atoms. The number of ether oxygens (including phenoxy) is 1. The van der Waals surface area contributed by atoms with Gasteiger partial charge in [0.15, 0.2) is 0 Å². The Morgan fingerprint density at radius 1 is 1.39 bits per heavy atom. The molecule has 0 saturated carbocycles. The molecule has 0 bridgehead atoms. The first kappa shape index (κ1) is 15.1. The van der Waals surface area contributed by atoms with E-state index in [-0.39, 0.29) is 0 Å². The smallest absolute Gasteiger partial charge is 0.410 e. The molecule has 1 N–H and O–H groups in total. The monoisotopic (exact) mass is 265 g/mol. The standard InChI is InChI=1S/C12H21F2NO3/c1-12(2,3)18-11(17)15-7-5-4-6-8(15)9(16)10(13)14/h8-10,16H,4-7H2,1-3H3. The van der Waals surface area contributed by atoms with Crippen LogP contribution in [-0.4, -0.2) is 46.8 Å². The van der Waals surface area contributed by atoms with E-state index < -0.39 is 30.3 Å². The average molecular weight is 265 g/mol. The van der Waals surface area contributed by atoms with Crippen LogP contribution in [0.2, 0.25) is 0 Å². The lowest BCUT2D eigenvalue weighted by Gasteiger charge is -2.38. The van der Waals surface area contributed by atoms with Crippen LogP contribution in [0.3, 0.4) is 0 Å². The quantitative estimate of drug-likeness (QED) is 0.834. The van der Waals surface area contributed by atoms with Crippen LogP contribution in [0.1, 0.15) is 40.0 Å². The molecule has 0 aliphatic carbocycles. The van der Waals surface area contributed by atoms with E-state index >= 15 is 0 Å². The summed E-state index contributed by atoms with van der Waals surface area (Å²) in [6.45, 7) is 5.50. The first-order chi connectivity index (χ1) is 8.22. The highest BCUT2D eigenvalue weighted by atomic mass is 19.3. The van der Waals surface area contributed by atoms with Gasteiger partial charge < -0.3 is 14.7 Å². The number of carbonyl (C=O) groups excluding carboxylic acids is 1. The fourth-order valence-electron chi connectivity index (χ4n) is 2.03. The second-order valence-electron chi connectivity index (χ2n) is 5.56. The van der Waals surface area contributed by atoms with Crippen molar-refractivity contribution in [3.05, 3.63) is 0 Å². The van der Waals surface area contributed by atoms with Gasteiger partial charge in [-0.25, -0.2) is 13.6 Å². The van der Waals surface area contributed by atoms with E-state index in [2.05, 4.69) is 0 Å². The molecule has 2 atom stereocenters. The van der Waals surface area contributed by atoms with Gasteiger partial charge in [-0.1, -0.05) is 0 Å². The van der Waals surface area contributed by atoms with Crippen molar-refractivity contribution in [3.8, 4) is 0 Å². The molecule has 106 valence electrons. The van der Waals surface area contributed by atoms with Crippen molar-refractivity contribution in [2.45, 2.75) is 64.2 Å². The fraction of sp³-hybridized carbons (Fsp3) is 0.917. The number of hydrogen-bond acceptors (Lipinski definition) is 3. The van der Waals surface area contributed by atoms with E-state index in [0.717, 1.165) is 12.8 Å². The summed E-state index contributed by atoms with van der Waals surface area (Å²) in [7, 11) is 0. The van der Waals surface area contributed by atoms with Gasteiger partial charge in [-0.3, -0.25) is 0 Å². The summed E-state index contributed by atoms with van der Waals surface area (Å²) >= 11 is 0. The van der Waals surface area contributed by atoms with Crippen LogP contribution in [0.5, 0.6) is 0 Å². The summed E-state index contributed by atoms with van der Waals surface area (Å²) in [5.74, 6) is 0. The Morgan fingerprint density at radius 2 is 2.00 bits per heavy atom. The van der Waals surface area contributed by atoms with Crippen LogP contribution >= 0.6 is 0 Å². The summed E-state index contributed by atoms with van der Waals surface area (Å²) in [5, 5.41) is 9.47. The molecule has 1 fully saturated rings. The number of aliphatic hydroxyl groups excluding tert-OH is 1. The predicted molar refractivity (Wildman–Crippen MR) is 62.6 cm³/mol. The highest BCUT2D eigenvalue weighted by Gasteiger charge is 2.38. The van der Waals surface area contributed by atoms with Gasteiger partial charge >= 0.3 is 6.09 Å². The van der Waals surface area contributed by atoms with E-state index in [1.54, 1.807) is 20.8 Å². The average Bonchev–Trinajstić information content (AvgIpc) is 2.25. The van der Waals surface area contributed by atoms with Gasteiger partial charge in [0, 0.05) is 6.54 Å². The zero-order chi connectivity index (χ0) is 13.9. The van der Waals surface area contributed by atoms with Gasteiger partial charge in [-0.15, -0.1) is 0 Å². The molecule has 0 aromatic carbocycles. The normalized spacial score (nSPS) is 23.1. The predicted octanol–water partition coefficient (Wildman–Crippen LogP) is 2.40. The van der Waals surface area contributed by atoms with Crippen molar-refractivity contribution >= 4 is 6.09 Å². The highest BCUT2D eigenvalue weighted by Crippen LogP contribution is 2.24. The van der Waals surface area contributed by atoms with E-state index in [1.807, 2.05) is 0 Å². The van der Waals surface area contributed by atoms with Crippen molar-refractivity contribution in [1.29, 1.82) is 0 Å². The molecule has 1 aliphatic heterocycles. The summed E-state index contributed by atoms with van der Waals surface area (Å²) < 4.78 is 30.3. The first-order valence-corrected chi connectivity index (χ1v) is 6.18. The van der Waals surface area contributed by atoms with Crippen LogP contribution in [0, 0.1) is 0 Å². The van der Waals surface area contributed by atoms with Crippen LogP contribution < -0.4 is 0 Å². The largest absolute Gasteiger partial charge is 0.444 e. The molecule has 0 aromatic rings. The van der Waals surface area contributed by atoms with Gasteiger partial charge in [0.25, 0.3) is 6.43 Å². The number of nitrogens with zero attached hydrogens (tertiary/aromatic N) is 1. The Labute approximate surface area is 106 Å². The van der Waals surface area contributed by atoms with Crippen LogP contribution in [0.15, 0.2) is 0 Å². The Kier molecular flexibility index (Phi) is 4.90. The van der Waals surface area contributed by atoms with Crippen LogP contribution in [0.25, 0.3) is 0 Å². The minimum Gasteiger partial charge on any atom is -0.444 e. The minimum absolute atomic E-state index is 0.351. The van der Waals surface area contributed by atoms with Crippen LogP contribution in [0.4, 0.5) is 13.6 Å². The maximum atomic E-state index is 12.6. The number of amides is 1. The molecular formula is C12H21F2NO3. The maximum absolute atomic E-state index is 12.6. The molecule has 0 aromatic heterocycles. The van der Waals surface area contributed by atoms with Crippen LogP contribution in [-0.2, 0) is 4.74 Å². The number of alkyl halides is 2. The second kappa shape index (κ2) is 5.82. The SMILES string of the molecule is CC(C)(C)OC(=O)N1CCCCC1C(O)C(F)F. The lowest BCUT2D eigenvalue weighted by atomic mass is 9.98. The molecule has 2 unspecified atom stereocenters. The van der Waals surface area contributed by atoms with Gasteiger partial charge in [0.05, 0.1) is 6.04 Å². The van der Waals surface area contributed by atoms with E-state index in [9.17, 15) is 18.7 Å². The molecule has 1 rings (SSSR count). The van der Waals surface area contributed by atoms with Gasteiger partial charge in [-0.05, 0) is 40.0 Å². The van der Waals surface area contributed by atoms with Crippen molar-refractivity contribution in [3.63, 3.8) is 0 Å². The number of carbonyl (C=O) groups is 1. The topological polar surface area (TPSA) is 49.8 Å². The van der Waals surface area contributed by atoms with Crippen molar-refractivity contribution in [2.24, 2.45) is 0 Å². The van der Waals surface area contributed by atoms with Crippen molar-refractivity contribution < 1.29 is 23.4 Å². The molecule has 1 saturated heterocycles. The summed E-state index contributed by atoms with van der Waals surface area (Å²) in [6, 6.07) is -0.853. The Bertz CT molecular complexity index is 292.